The first kappa shape index (κ1) is 18.5. The minimum absolute atomic E-state index is 0.113. The molecular formula is C22H29N3O. The molecule has 1 unspecified atom stereocenters. The van der Waals surface area contributed by atoms with Gasteiger partial charge in [0.15, 0.2) is 0 Å². The molecule has 2 aromatic rings. The second-order valence-electron chi connectivity index (χ2n) is 7.17. The summed E-state index contributed by atoms with van der Waals surface area (Å²) in [5.41, 5.74) is 3.79. The zero-order valence-corrected chi connectivity index (χ0v) is 16.1. The van der Waals surface area contributed by atoms with Gasteiger partial charge in [-0.3, -0.25) is 9.69 Å². The van der Waals surface area contributed by atoms with E-state index in [1.807, 2.05) is 24.9 Å². The number of carbonyl (C=O) groups is 1. The van der Waals surface area contributed by atoms with Crippen molar-refractivity contribution in [2.24, 2.45) is 0 Å². The van der Waals surface area contributed by atoms with Crippen LogP contribution in [0.3, 0.4) is 0 Å². The lowest BCUT2D eigenvalue weighted by Crippen LogP contribution is -2.53. The predicted octanol–water partition coefficient (Wildman–Crippen LogP) is 3.16. The third-order valence-corrected chi connectivity index (χ3v) is 5.41. The molecule has 1 saturated heterocycles. The van der Waals surface area contributed by atoms with Crippen molar-refractivity contribution in [1.29, 1.82) is 0 Å². The SMILES string of the molecule is Cc1ccccc1CN(C)C(C)C(=O)N1CCN(c2ccccc2)CC1. The van der Waals surface area contributed by atoms with Crippen LogP contribution in [0, 0.1) is 6.92 Å². The van der Waals surface area contributed by atoms with Crippen molar-refractivity contribution >= 4 is 11.6 Å². The van der Waals surface area contributed by atoms with Crippen molar-refractivity contribution < 1.29 is 4.79 Å². The molecule has 0 N–H and O–H groups in total. The molecule has 1 amide bonds. The molecule has 26 heavy (non-hydrogen) atoms. The lowest BCUT2D eigenvalue weighted by atomic mass is 10.1. The molecule has 2 aromatic carbocycles. The number of para-hydroxylation sites is 1. The maximum absolute atomic E-state index is 12.9. The van der Waals surface area contributed by atoms with Crippen molar-refractivity contribution in [3.8, 4) is 0 Å². The number of nitrogens with zero attached hydrogens (tertiary/aromatic N) is 3. The molecule has 4 heteroatoms. The average Bonchev–Trinajstić information content (AvgIpc) is 2.69. The maximum atomic E-state index is 12.9. The molecule has 0 bridgehead atoms. The average molecular weight is 351 g/mol. The van der Waals surface area contributed by atoms with Crippen LogP contribution in [0.1, 0.15) is 18.1 Å². The first-order chi connectivity index (χ1) is 12.6. The summed E-state index contributed by atoms with van der Waals surface area (Å²) in [4.78, 5) is 19.4. The van der Waals surface area contributed by atoms with Crippen molar-refractivity contribution in [2.45, 2.75) is 26.4 Å². The maximum Gasteiger partial charge on any atom is 0.239 e. The Bertz CT molecular complexity index is 723. The van der Waals surface area contributed by atoms with E-state index in [0.29, 0.717) is 0 Å². The van der Waals surface area contributed by atoms with Gasteiger partial charge in [0.1, 0.15) is 0 Å². The third-order valence-electron chi connectivity index (χ3n) is 5.41. The van der Waals surface area contributed by atoms with Crippen molar-refractivity contribution in [1.82, 2.24) is 9.80 Å². The Hall–Kier alpha value is -2.33. The van der Waals surface area contributed by atoms with Gasteiger partial charge in [0, 0.05) is 38.4 Å². The van der Waals surface area contributed by atoms with Gasteiger partial charge in [-0.25, -0.2) is 0 Å². The normalized spacial score (nSPS) is 16.0. The van der Waals surface area contributed by atoms with Gasteiger partial charge in [-0.15, -0.1) is 0 Å². The van der Waals surface area contributed by atoms with Gasteiger partial charge in [0.25, 0.3) is 0 Å². The van der Waals surface area contributed by atoms with Crippen LogP contribution in [0.25, 0.3) is 0 Å². The molecule has 138 valence electrons. The number of hydrogen-bond donors (Lipinski definition) is 0. The fourth-order valence-electron chi connectivity index (χ4n) is 3.47. The number of amides is 1. The summed E-state index contributed by atoms with van der Waals surface area (Å²) < 4.78 is 0. The molecule has 1 atom stereocenters. The van der Waals surface area contributed by atoms with E-state index in [9.17, 15) is 4.79 Å². The first-order valence-corrected chi connectivity index (χ1v) is 9.40. The number of piperazine rings is 1. The Morgan fingerprint density at radius 3 is 2.27 bits per heavy atom. The monoisotopic (exact) mass is 351 g/mol. The fourth-order valence-corrected chi connectivity index (χ4v) is 3.47. The highest BCUT2D eigenvalue weighted by Gasteiger charge is 2.27. The van der Waals surface area contributed by atoms with Crippen LogP contribution in [0.2, 0.25) is 0 Å². The molecule has 1 fully saturated rings. The van der Waals surface area contributed by atoms with Crippen LogP contribution in [0.15, 0.2) is 54.6 Å². The lowest BCUT2D eigenvalue weighted by Gasteiger charge is -2.38. The van der Waals surface area contributed by atoms with Gasteiger partial charge < -0.3 is 9.80 Å². The zero-order chi connectivity index (χ0) is 18.5. The van der Waals surface area contributed by atoms with Gasteiger partial charge in [0.05, 0.1) is 6.04 Å². The number of benzene rings is 2. The summed E-state index contributed by atoms with van der Waals surface area (Å²) in [6.07, 6.45) is 0. The Morgan fingerprint density at radius 2 is 1.62 bits per heavy atom. The van der Waals surface area contributed by atoms with E-state index in [4.69, 9.17) is 0 Å². The Labute approximate surface area is 157 Å². The summed E-state index contributed by atoms with van der Waals surface area (Å²) in [5, 5.41) is 0. The van der Waals surface area contributed by atoms with E-state index in [2.05, 4.69) is 65.3 Å². The highest BCUT2D eigenvalue weighted by Crippen LogP contribution is 2.17. The van der Waals surface area contributed by atoms with Crippen LogP contribution >= 0.6 is 0 Å². The molecule has 0 aromatic heterocycles. The van der Waals surface area contributed by atoms with Crippen LogP contribution in [-0.2, 0) is 11.3 Å². The summed E-state index contributed by atoms with van der Waals surface area (Å²) in [5.74, 6) is 0.230. The number of likely N-dealkylation sites (N-methyl/N-ethyl adjacent to an activating group) is 1. The summed E-state index contributed by atoms with van der Waals surface area (Å²) in [7, 11) is 2.04. The molecule has 3 rings (SSSR count). The number of anilines is 1. The number of hydrogen-bond acceptors (Lipinski definition) is 3. The molecule has 1 aliphatic heterocycles. The van der Waals surface area contributed by atoms with Crippen LogP contribution < -0.4 is 4.90 Å². The lowest BCUT2D eigenvalue weighted by molar-refractivity contribution is -0.136. The van der Waals surface area contributed by atoms with E-state index < -0.39 is 0 Å². The van der Waals surface area contributed by atoms with E-state index >= 15 is 0 Å². The third kappa shape index (κ3) is 4.25. The second kappa shape index (κ2) is 8.37. The Morgan fingerprint density at radius 1 is 1.00 bits per heavy atom. The van der Waals surface area contributed by atoms with E-state index in [1.165, 1.54) is 16.8 Å². The van der Waals surface area contributed by atoms with E-state index in [-0.39, 0.29) is 11.9 Å². The molecule has 1 aliphatic rings. The zero-order valence-electron chi connectivity index (χ0n) is 16.1. The molecular weight excluding hydrogens is 322 g/mol. The molecule has 1 heterocycles. The Balaban J connectivity index is 1.55. The summed E-state index contributed by atoms with van der Waals surface area (Å²) in [6.45, 7) is 8.30. The van der Waals surface area contributed by atoms with Crippen molar-refractivity contribution in [2.75, 3.05) is 38.1 Å². The van der Waals surface area contributed by atoms with Gasteiger partial charge in [-0.05, 0) is 44.2 Å². The van der Waals surface area contributed by atoms with Crippen LogP contribution in [0.4, 0.5) is 5.69 Å². The number of aryl methyl sites for hydroxylation is 1. The van der Waals surface area contributed by atoms with Crippen LogP contribution in [-0.4, -0.2) is 55.0 Å². The van der Waals surface area contributed by atoms with Gasteiger partial charge in [-0.2, -0.15) is 0 Å². The van der Waals surface area contributed by atoms with Crippen molar-refractivity contribution in [3.63, 3.8) is 0 Å². The smallest absolute Gasteiger partial charge is 0.239 e. The molecule has 0 radical (unpaired) electrons. The standard InChI is InChI=1S/C22H29N3O/c1-18-9-7-8-10-20(18)17-23(3)19(2)22(26)25-15-13-24(14-16-25)21-11-5-4-6-12-21/h4-12,19H,13-17H2,1-3H3. The van der Waals surface area contributed by atoms with Gasteiger partial charge in [-0.1, -0.05) is 42.5 Å². The highest BCUT2D eigenvalue weighted by molar-refractivity contribution is 5.81. The molecule has 0 spiro atoms. The molecule has 4 nitrogen and oxygen atoms in total. The van der Waals surface area contributed by atoms with Crippen LogP contribution in [0.5, 0.6) is 0 Å². The topological polar surface area (TPSA) is 26.8 Å². The minimum Gasteiger partial charge on any atom is -0.368 e. The van der Waals surface area contributed by atoms with Gasteiger partial charge in [0.2, 0.25) is 5.91 Å². The molecule has 0 aliphatic carbocycles. The quantitative estimate of drug-likeness (QED) is 0.828. The largest absolute Gasteiger partial charge is 0.368 e. The summed E-state index contributed by atoms with van der Waals surface area (Å²) >= 11 is 0. The predicted molar refractivity (Wildman–Crippen MR) is 107 cm³/mol. The fraction of sp³-hybridized carbons (Fsp3) is 0.409. The second-order valence-corrected chi connectivity index (χ2v) is 7.17. The molecule has 0 saturated carbocycles. The first-order valence-electron chi connectivity index (χ1n) is 9.40. The van der Waals surface area contributed by atoms with E-state index in [1.54, 1.807) is 0 Å². The number of carbonyl (C=O) groups excluding carboxylic acids is 1. The van der Waals surface area contributed by atoms with E-state index in [0.717, 1.165) is 32.7 Å². The number of rotatable bonds is 5. The Kier molecular flexibility index (Phi) is 5.94. The minimum atomic E-state index is -0.113. The van der Waals surface area contributed by atoms with Gasteiger partial charge >= 0.3 is 0 Å². The van der Waals surface area contributed by atoms with Crippen molar-refractivity contribution in [3.05, 3.63) is 65.7 Å². The highest BCUT2D eigenvalue weighted by atomic mass is 16.2. The summed E-state index contributed by atoms with van der Waals surface area (Å²) in [6, 6.07) is 18.7.